The van der Waals surface area contributed by atoms with Crippen molar-refractivity contribution in [2.45, 2.75) is 13.0 Å². The van der Waals surface area contributed by atoms with E-state index in [1.54, 1.807) is 0 Å². The van der Waals surface area contributed by atoms with E-state index < -0.39 is 6.10 Å². The maximum absolute atomic E-state index is 11.7. The lowest BCUT2D eigenvalue weighted by Crippen LogP contribution is -2.32. The van der Waals surface area contributed by atoms with Gasteiger partial charge in [0, 0.05) is 12.2 Å². The molecule has 2 amide bonds. The Morgan fingerprint density at radius 1 is 1.10 bits per heavy atom. The van der Waals surface area contributed by atoms with Crippen LogP contribution < -0.4 is 10.6 Å². The van der Waals surface area contributed by atoms with Crippen molar-refractivity contribution in [2.24, 2.45) is 0 Å². The molecule has 0 bridgehead atoms. The van der Waals surface area contributed by atoms with Gasteiger partial charge >= 0.3 is 6.03 Å². The smallest absolute Gasteiger partial charge is 0.319 e. The Hall–Kier alpha value is -2.33. The number of rotatable bonds is 4. The van der Waals surface area contributed by atoms with Gasteiger partial charge in [-0.3, -0.25) is 0 Å². The lowest BCUT2D eigenvalue weighted by atomic mass is 10.1. The number of hydrogen-bond donors (Lipinski definition) is 3. The Balaban J connectivity index is 1.82. The first-order chi connectivity index (χ1) is 9.65. The van der Waals surface area contributed by atoms with Crippen LogP contribution in [0.2, 0.25) is 0 Å². The third-order valence-electron chi connectivity index (χ3n) is 2.95. The van der Waals surface area contributed by atoms with Crippen LogP contribution in [0.3, 0.4) is 0 Å². The summed E-state index contributed by atoms with van der Waals surface area (Å²) in [7, 11) is 0. The zero-order chi connectivity index (χ0) is 14.4. The van der Waals surface area contributed by atoms with E-state index in [1.165, 1.54) is 0 Å². The lowest BCUT2D eigenvalue weighted by molar-refractivity contribution is 0.175. The molecule has 20 heavy (non-hydrogen) atoms. The average molecular weight is 270 g/mol. The summed E-state index contributed by atoms with van der Waals surface area (Å²) in [6, 6.07) is 16.4. The van der Waals surface area contributed by atoms with Crippen molar-refractivity contribution in [2.75, 3.05) is 11.9 Å². The number of urea groups is 1. The number of aliphatic hydroxyl groups is 1. The Labute approximate surface area is 118 Å². The predicted molar refractivity (Wildman–Crippen MR) is 79.6 cm³/mol. The van der Waals surface area contributed by atoms with Crippen LogP contribution in [0.25, 0.3) is 0 Å². The van der Waals surface area contributed by atoms with Crippen LogP contribution in [-0.4, -0.2) is 17.7 Å². The van der Waals surface area contributed by atoms with Gasteiger partial charge in [-0.15, -0.1) is 0 Å². The SMILES string of the molecule is Cc1ccc(NC(=O)NCC(O)c2ccccc2)cc1. The number of benzene rings is 2. The number of amides is 2. The highest BCUT2D eigenvalue weighted by Gasteiger charge is 2.08. The molecule has 2 aromatic rings. The summed E-state index contributed by atoms with van der Waals surface area (Å²) in [5.74, 6) is 0. The Morgan fingerprint density at radius 3 is 2.40 bits per heavy atom. The fourth-order valence-electron chi connectivity index (χ4n) is 1.79. The Kier molecular flexibility index (Phi) is 4.74. The molecule has 104 valence electrons. The summed E-state index contributed by atoms with van der Waals surface area (Å²) in [5.41, 5.74) is 2.64. The van der Waals surface area contributed by atoms with Crippen LogP contribution in [0.15, 0.2) is 54.6 Å². The minimum atomic E-state index is -0.708. The second-order valence-corrected chi connectivity index (χ2v) is 4.63. The first-order valence-electron chi connectivity index (χ1n) is 6.49. The lowest BCUT2D eigenvalue weighted by Gasteiger charge is -2.13. The first kappa shape index (κ1) is 14.1. The largest absolute Gasteiger partial charge is 0.387 e. The summed E-state index contributed by atoms with van der Waals surface area (Å²) in [6.07, 6.45) is -0.708. The van der Waals surface area contributed by atoms with Crippen molar-refractivity contribution in [3.05, 3.63) is 65.7 Å². The summed E-state index contributed by atoms with van der Waals surface area (Å²) in [6.45, 7) is 2.15. The molecule has 1 atom stereocenters. The van der Waals surface area contributed by atoms with Gasteiger partial charge in [0.1, 0.15) is 0 Å². The van der Waals surface area contributed by atoms with Crippen molar-refractivity contribution < 1.29 is 9.90 Å². The summed E-state index contributed by atoms with van der Waals surface area (Å²) in [4.78, 5) is 11.7. The normalized spacial score (nSPS) is 11.7. The van der Waals surface area contributed by atoms with Crippen LogP contribution in [-0.2, 0) is 0 Å². The topological polar surface area (TPSA) is 61.4 Å². The molecule has 0 radical (unpaired) electrons. The summed E-state index contributed by atoms with van der Waals surface area (Å²) in [5, 5.41) is 15.3. The van der Waals surface area contributed by atoms with Gasteiger partial charge in [0.25, 0.3) is 0 Å². The monoisotopic (exact) mass is 270 g/mol. The van der Waals surface area contributed by atoms with Crippen LogP contribution >= 0.6 is 0 Å². The highest BCUT2D eigenvalue weighted by Crippen LogP contribution is 2.11. The average Bonchev–Trinajstić information content (AvgIpc) is 2.48. The molecule has 0 heterocycles. The molecule has 0 fully saturated rings. The number of aryl methyl sites for hydroxylation is 1. The molecular formula is C16H18N2O2. The third kappa shape index (κ3) is 4.10. The standard InChI is InChI=1S/C16H18N2O2/c1-12-7-9-14(10-8-12)18-16(20)17-11-15(19)13-5-3-2-4-6-13/h2-10,15,19H,11H2,1H3,(H2,17,18,20). The molecule has 0 aliphatic heterocycles. The van der Waals surface area contributed by atoms with Gasteiger partial charge in [-0.2, -0.15) is 0 Å². The van der Waals surface area contributed by atoms with Crippen LogP contribution in [0, 0.1) is 6.92 Å². The quantitative estimate of drug-likeness (QED) is 0.800. The summed E-state index contributed by atoms with van der Waals surface area (Å²) < 4.78 is 0. The molecule has 0 spiro atoms. The highest BCUT2D eigenvalue weighted by atomic mass is 16.3. The molecule has 4 nitrogen and oxygen atoms in total. The van der Waals surface area contributed by atoms with Gasteiger partial charge < -0.3 is 15.7 Å². The van der Waals surface area contributed by atoms with E-state index in [2.05, 4.69) is 10.6 Å². The van der Waals surface area contributed by atoms with Crippen LogP contribution in [0.4, 0.5) is 10.5 Å². The highest BCUT2D eigenvalue weighted by molar-refractivity contribution is 5.89. The number of hydrogen-bond acceptors (Lipinski definition) is 2. The van der Waals surface area contributed by atoms with Gasteiger partial charge in [0.2, 0.25) is 0 Å². The molecule has 1 unspecified atom stereocenters. The zero-order valence-corrected chi connectivity index (χ0v) is 11.3. The Bertz CT molecular complexity index is 552. The van der Waals surface area contributed by atoms with Crippen molar-refractivity contribution in [3.8, 4) is 0 Å². The number of anilines is 1. The number of aliphatic hydroxyl groups excluding tert-OH is 1. The fourth-order valence-corrected chi connectivity index (χ4v) is 1.79. The molecule has 2 aromatic carbocycles. The molecule has 0 saturated carbocycles. The Morgan fingerprint density at radius 2 is 1.75 bits per heavy atom. The molecule has 3 N–H and O–H groups in total. The fraction of sp³-hybridized carbons (Fsp3) is 0.188. The van der Waals surface area contributed by atoms with E-state index in [0.717, 1.165) is 16.8 Å². The minimum Gasteiger partial charge on any atom is -0.387 e. The van der Waals surface area contributed by atoms with Crippen molar-refractivity contribution in [3.63, 3.8) is 0 Å². The maximum atomic E-state index is 11.7. The van der Waals surface area contributed by atoms with Gasteiger partial charge in [-0.1, -0.05) is 48.0 Å². The maximum Gasteiger partial charge on any atom is 0.319 e. The second kappa shape index (κ2) is 6.73. The van der Waals surface area contributed by atoms with E-state index in [-0.39, 0.29) is 12.6 Å². The van der Waals surface area contributed by atoms with E-state index in [9.17, 15) is 9.90 Å². The van der Waals surface area contributed by atoms with E-state index >= 15 is 0 Å². The predicted octanol–water partition coefficient (Wildman–Crippen LogP) is 2.85. The molecule has 0 aromatic heterocycles. The van der Waals surface area contributed by atoms with Gasteiger partial charge in [0.05, 0.1) is 6.10 Å². The second-order valence-electron chi connectivity index (χ2n) is 4.63. The molecule has 0 saturated heterocycles. The molecule has 2 rings (SSSR count). The van der Waals surface area contributed by atoms with Crippen LogP contribution in [0.1, 0.15) is 17.2 Å². The van der Waals surface area contributed by atoms with Crippen molar-refractivity contribution in [1.29, 1.82) is 0 Å². The third-order valence-corrected chi connectivity index (χ3v) is 2.95. The van der Waals surface area contributed by atoms with Crippen molar-refractivity contribution in [1.82, 2.24) is 5.32 Å². The van der Waals surface area contributed by atoms with Gasteiger partial charge in [-0.05, 0) is 24.6 Å². The van der Waals surface area contributed by atoms with E-state index in [1.807, 2.05) is 61.5 Å². The molecule has 0 aliphatic rings. The van der Waals surface area contributed by atoms with Crippen LogP contribution in [0.5, 0.6) is 0 Å². The number of nitrogens with one attached hydrogen (secondary N) is 2. The number of carbonyl (C=O) groups is 1. The first-order valence-corrected chi connectivity index (χ1v) is 6.49. The zero-order valence-electron chi connectivity index (χ0n) is 11.3. The van der Waals surface area contributed by atoms with Gasteiger partial charge in [-0.25, -0.2) is 4.79 Å². The van der Waals surface area contributed by atoms with Crippen molar-refractivity contribution >= 4 is 11.7 Å². The minimum absolute atomic E-state index is 0.168. The van der Waals surface area contributed by atoms with E-state index in [4.69, 9.17) is 0 Å². The van der Waals surface area contributed by atoms with E-state index in [0.29, 0.717) is 0 Å². The number of carbonyl (C=O) groups excluding carboxylic acids is 1. The molecule has 0 aliphatic carbocycles. The summed E-state index contributed by atoms with van der Waals surface area (Å²) >= 11 is 0. The molecular weight excluding hydrogens is 252 g/mol. The van der Waals surface area contributed by atoms with Gasteiger partial charge in [0.15, 0.2) is 0 Å². The molecule has 4 heteroatoms.